The SMILES string of the molecule is CC(=O)c1c(C)c([N+](=O)[O-])cn1C. The van der Waals surface area contributed by atoms with E-state index in [1.54, 1.807) is 14.0 Å². The van der Waals surface area contributed by atoms with Crippen LogP contribution in [0.1, 0.15) is 23.0 Å². The van der Waals surface area contributed by atoms with Gasteiger partial charge in [-0.15, -0.1) is 0 Å². The zero-order valence-electron chi connectivity index (χ0n) is 7.70. The van der Waals surface area contributed by atoms with E-state index in [2.05, 4.69) is 0 Å². The van der Waals surface area contributed by atoms with E-state index in [0.29, 0.717) is 11.3 Å². The molecule has 1 rings (SSSR count). The van der Waals surface area contributed by atoms with Gasteiger partial charge in [-0.2, -0.15) is 0 Å². The number of carbonyl (C=O) groups is 1. The molecule has 0 unspecified atom stereocenters. The average molecular weight is 182 g/mol. The molecule has 5 heteroatoms. The Morgan fingerprint density at radius 3 is 2.38 bits per heavy atom. The van der Waals surface area contributed by atoms with E-state index in [-0.39, 0.29) is 11.5 Å². The Hall–Kier alpha value is -1.65. The van der Waals surface area contributed by atoms with Crippen molar-refractivity contribution in [1.82, 2.24) is 4.57 Å². The largest absolute Gasteiger partial charge is 0.342 e. The zero-order valence-corrected chi connectivity index (χ0v) is 7.70. The molecule has 0 bridgehead atoms. The van der Waals surface area contributed by atoms with Crippen molar-refractivity contribution in [3.8, 4) is 0 Å². The van der Waals surface area contributed by atoms with E-state index in [4.69, 9.17) is 0 Å². The van der Waals surface area contributed by atoms with Crippen molar-refractivity contribution >= 4 is 11.5 Å². The fourth-order valence-electron chi connectivity index (χ4n) is 1.43. The number of hydrogen-bond donors (Lipinski definition) is 0. The molecular weight excluding hydrogens is 172 g/mol. The number of hydrogen-bond acceptors (Lipinski definition) is 3. The third kappa shape index (κ3) is 1.44. The summed E-state index contributed by atoms with van der Waals surface area (Å²) in [5.41, 5.74) is 0.819. The Morgan fingerprint density at radius 1 is 1.62 bits per heavy atom. The summed E-state index contributed by atoms with van der Waals surface area (Å²) in [7, 11) is 1.62. The van der Waals surface area contributed by atoms with Crippen LogP contribution in [0.4, 0.5) is 5.69 Å². The highest BCUT2D eigenvalue weighted by Crippen LogP contribution is 2.22. The second-order valence-electron chi connectivity index (χ2n) is 2.91. The number of nitro groups is 1. The van der Waals surface area contributed by atoms with Crippen LogP contribution in [0.5, 0.6) is 0 Å². The van der Waals surface area contributed by atoms with Crippen molar-refractivity contribution in [2.45, 2.75) is 13.8 Å². The molecule has 13 heavy (non-hydrogen) atoms. The van der Waals surface area contributed by atoms with Crippen LogP contribution in [0.15, 0.2) is 6.20 Å². The smallest absolute Gasteiger partial charge is 0.290 e. The number of ketones is 1. The van der Waals surface area contributed by atoms with Crippen molar-refractivity contribution in [2.75, 3.05) is 0 Å². The van der Waals surface area contributed by atoms with E-state index in [9.17, 15) is 14.9 Å². The molecule has 1 aromatic heterocycles. The summed E-state index contributed by atoms with van der Waals surface area (Å²) >= 11 is 0. The first-order chi connectivity index (χ1) is 5.95. The lowest BCUT2D eigenvalue weighted by atomic mass is 10.2. The van der Waals surface area contributed by atoms with Gasteiger partial charge in [0.15, 0.2) is 5.78 Å². The molecule has 0 saturated carbocycles. The number of aromatic nitrogens is 1. The van der Waals surface area contributed by atoms with Gasteiger partial charge in [0, 0.05) is 14.0 Å². The number of rotatable bonds is 2. The van der Waals surface area contributed by atoms with Crippen molar-refractivity contribution < 1.29 is 9.72 Å². The van der Waals surface area contributed by atoms with Crippen LogP contribution in [-0.2, 0) is 7.05 Å². The molecule has 70 valence electrons. The van der Waals surface area contributed by atoms with Gasteiger partial charge in [-0.25, -0.2) is 0 Å². The van der Waals surface area contributed by atoms with Crippen LogP contribution < -0.4 is 0 Å². The first kappa shape index (κ1) is 9.44. The maximum Gasteiger partial charge on any atom is 0.290 e. The minimum atomic E-state index is -0.484. The van der Waals surface area contributed by atoms with Crippen LogP contribution in [0.25, 0.3) is 0 Å². The number of carbonyl (C=O) groups excluding carboxylic acids is 1. The molecule has 0 saturated heterocycles. The molecule has 0 aliphatic rings. The summed E-state index contributed by atoms with van der Waals surface area (Å²) in [6, 6.07) is 0. The van der Waals surface area contributed by atoms with Crippen molar-refractivity contribution in [3.63, 3.8) is 0 Å². The third-order valence-corrected chi connectivity index (χ3v) is 1.94. The lowest BCUT2D eigenvalue weighted by Crippen LogP contribution is -2.02. The van der Waals surface area contributed by atoms with Crippen LogP contribution in [0.3, 0.4) is 0 Å². The quantitative estimate of drug-likeness (QED) is 0.395. The molecule has 0 amide bonds. The van der Waals surface area contributed by atoms with E-state index in [1.165, 1.54) is 17.7 Å². The Kier molecular flexibility index (Phi) is 2.18. The highest BCUT2D eigenvalue weighted by Gasteiger charge is 2.20. The monoisotopic (exact) mass is 182 g/mol. The van der Waals surface area contributed by atoms with E-state index in [0.717, 1.165) is 0 Å². The lowest BCUT2D eigenvalue weighted by Gasteiger charge is -1.96. The summed E-state index contributed by atoms with van der Waals surface area (Å²) in [6.07, 6.45) is 1.35. The van der Waals surface area contributed by atoms with Gasteiger partial charge in [-0.1, -0.05) is 0 Å². The van der Waals surface area contributed by atoms with Gasteiger partial charge in [0.2, 0.25) is 0 Å². The van der Waals surface area contributed by atoms with Gasteiger partial charge in [0.25, 0.3) is 5.69 Å². The molecule has 0 aliphatic carbocycles. The van der Waals surface area contributed by atoms with E-state index < -0.39 is 4.92 Å². The van der Waals surface area contributed by atoms with E-state index in [1.807, 2.05) is 0 Å². The van der Waals surface area contributed by atoms with Gasteiger partial charge in [-0.05, 0) is 6.92 Å². The lowest BCUT2D eigenvalue weighted by molar-refractivity contribution is -0.385. The molecule has 0 aromatic carbocycles. The molecule has 1 aromatic rings. The predicted molar refractivity (Wildman–Crippen MR) is 46.8 cm³/mol. The molecule has 0 atom stereocenters. The summed E-state index contributed by atoms with van der Waals surface area (Å²) in [6.45, 7) is 2.97. The second kappa shape index (κ2) is 3.01. The normalized spacial score (nSPS) is 10.1. The fourth-order valence-corrected chi connectivity index (χ4v) is 1.43. The van der Waals surface area contributed by atoms with E-state index >= 15 is 0 Å². The van der Waals surface area contributed by atoms with Crippen LogP contribution in [-0.4, -0.2) is 15.3 Å². The molecular formula is C8H10N2O3. The first-order valence-electron chi connectivity index (χ1n) is 3.76. The zero-order chi connectivity index (χ0) is 10.2. The highest BCUT2D eigenvalue weighted by molar-refractivity contribution is 5.95. The Bertz CT molecular complexity index is 379. The Morgan fingerprint density at radius 2 is 2.15 bits per heavy atom. The van der Waals surface area contributed by atoms with Gasteiger partial charge in [0.05, 0.1) is 22.4 Å². The Labute approximate surface area is 75.1 Å². The molecule has 5 nitrogen and oxygen atoms in total. The molecule has 1 heterocycles. The van der Waals surface area contributed by atoms with Gasteiger partial charge >= 0.3 is 0 Å². The van der Waals surface area contributed by atoms with Gasteiger partial charge in [0.1, 0.15) is 0 Å². The molecule has 0 spiro atoms. The maximum atomic E-state index is 11.1. The standard InChI is InChI=1S/C8H10N2O3/c1-5-7(10(12)13)4-9(3)8(5)6(2)11/h4H,1-3H3. The fraction of sp³-hybridized carbons (Fsp3) is 0.375. The summed E-state index contributed by atoms with van der Waals surface area (Å²) in [5.74, 6) is -0.159. The number of aryl methyl sites for hydroxylation is 1. The number of Topliss-reactive ketones (excluding diaryl/α,β-unsaturated/α-hetero) is 1. The maximum absolute atomic E-state index is 11.1. The van der Waals surface area contributed by atoms with Crippen LogP contribution >= 0.6 is 0 Å². The first-order valence-corrected chi connectivity index (χ1v) is 3.76. The van der Waals surface area contributed by atoms with Crippen molar-refractivity contribution in [2.24, 2.45) is 7.05 Å². The minimum absolute atomic E-state index is 0.00676. The third-order valence-electron chi connectivity index (χ3n) is 1.94. The highest BCUT2D eigenvalue weighted by atomic mass is 16.6. The molecule has 0 N–H and O–H groups in total. The summed E-state index contributed by atoms with van der Waals surface area (Å²) in [5, 5.41) is 10.5. The molecule has 0 radical (unpaired) electrons. The minimum Gasteiger partial charge on any atom is -0.342 e. The molecule has 0 aliphatic heterocycles. The summed E-state index contributed by atoms with van der Waals surface area (Å²) < 4.78 is 1.48. The summed E-state index contributed by atoms with van der Waals surface area (Å²) in [4.78, 5) is 21.1. The van der Waals surface area contributed by atoms with Gasteiger partial charge < -0.3 is 4.57 Å². The van der Waals surface area contributed by atoms with Crippen LogP contribution in [0, 0.1) is 17.0 Å². The van der Waals surface area contributed by atoms with Gasteiger partial charge in [-0.3, -0.25) is 14.9 Å². The van der Waals surface area contributed by atoms with Crippen LogP contribution in [0.2, 0.25) is 0 Å². The van der Waals surface area contributed by atoms with Crippen molar-refractivity contribution in [3.05, 3.63) is 27.6 Å². The average Bonchev–Trinajstić information content (AvgIpc) is 2.26. The second-order valence-corrected chi connectivity index (χ2v) is 2.91. The predicted octanol–water partition coefficient (Wildman–Crippen LogP) is 1.44. The van der Waals surface area contributed by atoms with Crippen molar-refractivity contribution in [1.29, 1.82) is 0 Å². The number of nitrogens with zero attached hydrogens (tertiary/aromatic N) is 2. The molecule has 0 fully saturated rings. The topological polar surface area (TPSA) is 65.1 Å². The Balaban J connectivity index is 3.39.